The Bertz CT molecular complexity index is 768. The van der Waals surface area contributed by atoms with Crippen LogP contribution < -0.4 is 5.32 Å². The molecule has 2 aromatic rings. The van der Waals surface area contributed by atoms with Gasteiger partial charge < -0.3 is 5.32 Å². The Balaban J connectivity index is 2.15. The molecular weight excluding hydrogens is 286 g/mol. The molecule has 1 aromatic heterocycles. The predicted molar refractivity (Wildman–Crippen MR) is 82.7 cm³/mol. The van der Waals surface area contributed by atoms with Gasteiger partial charge in [-0.3, -0.25) is 4.98 Å². The van der Waals surface area contributed by atoms with Gasteiger partial charge in [-0.15, -0.1) is 0 Å². The molecule has 0 unspecified atom stereocenters. The van der Waals surface area contributed by atoms with E-state index in [1.165, 1.54) is 0 Å². The highest BCUT2D eigenvalue weighted by atomic mass is 32.2. The highest BCUT2D eigenvalue weighted by molar-refractivity contribution is 7.89. The number of hydrogen-bond acceptors (Lipinski definition) is 4. The summed E-state index contributed by atoms with van der Waals surface area (Å²) in [5.74, 6) is 0. The van der Waals surface area contributed by atoms with Crippen LogP contribution in [0.1, 0.15) is 12.5 Å². The quantitative estimate of drug-likeness (QED) is 0.914. The maximum absolute atomic E-state index is 13.0. The summed E-state index contributed by atoms with van der Waals surface area (Å²) in [5, 5.41) is 4.90. The third kappa shape index (κ3) is 2.54. The Hall–Kier alpha value is -1.50. The average molecular weight is 305 g/mol. The number of rotatable bonds is 2. The summed E-state index contributed by atoms with van der Waals surface area (Å²) in [4.78, 5) is 4.53. The van der Waals surface area contributed by atoms with E-state index in [0.29, 0.717) is 24.5 Å². The first-order chi connectivity index (χ1) is 10.00. The van der Waals surface area contributed by atoms with E-state index in [1.54, 1.807) is 28.8 Å². The summed E-state index contributed by atoms with van der Waals surface area (Å²) in [6, 6.07) is 5.54. The lowest BCUT2D eigenvalue weighted by Crippen LogP contribution is -2.51. The minimum atomic E-state index is -3.48. The highest BCUT2D eigenvalue weighted by Crippen LogP contribution is 2.28. The van der Waals surface area contributed by atoms with E-state index < -0.39 is 10.0 Å². The summed E-state index contributed by atoms with van der Waals surface area (Å²) in [5.41, 5.74) is 0.884. The van der Waals surface area contributed by atoms with Gasteiger partial charge in [-0.2, -0.15) is 4.31 Å². The molecule has 0 bridgehead atoms. The van der Waals surface area contributed by atoms with Crippen LogP contribution >= 0.6 is 0 Å². The molecule has 112 valence electrons. The van der Waals surface area contributed by atoms with Gasteiger partial charge in [0.25, 0.3) is 0 Å². The molecule has 1 atom stereocenters. The minimum Gasteiger partial charge on any atom is -0.312 e. The third-order valence-electron chi connectivity index (χ3n) is 3.88. The molecule has 1 aliphatic rings. The summed E-state index contributed by atoms with van der Waals surface area (Å²) in [7, 11) is -3.48. The fraction of sp³-hybridized carbons (Fsp3) is 0.400. The van der Waals surface area contributed by atoms with E-state index in [1.807, 2.05) is 19.9 Å². The van der Waals surface area contributed by atoms with Gasteiger partial charge >= 0.3 is 0 Å². The zero-order valence-corrected chi connectivity index (χ0v) is 13.0. The van der Waals surface area contributed by atoms with Crippen LogP contribution in [0.5, 0.6) is 0 Å². The molecule has 0 spiro atoms. The maximum atomic E-state index is 13.0. The molecule has 1 fully saturated rings. The summed E-state index contributed by atoms with van der Waals surface area (Å²) in [6.45, 7) is 5.59. The minimum absolute atomic E-state index is 0.172. The molecule has 6 heteroatoms. The van der Waals surface area contributed by atoms with Crippen molar-refractivity contribution in [3.05, 3.63) is 36.2 Å². The molecule has 5 nitrogen and oxygen atoms in total. The number of sulfonamides is 1. The molecule has 0 amide bonds. The topological polar surface area (TPSA) is 62.3 Å². The second-order valence-corrected chi connectivity index (χ2v) is 7.44. The van der Waals surface area contributed by atoms with Crippen LogP contribution in [0.25, 0.3) is 10.8 Å². The van der Waals surface area contributed by atoms with Gasteiger partial charge in [0, 0.05) is 48.8 Å². The van der Waals surface area contributed by atoms with Gasteiger partial charge in [0.1, 0.15) is 0 Å². The van der Waals surface area contributed by atoms with E-state index in [4.69, 9.17) is 0 Å². The number of hydrogen-bond donors (Lipinski definition) is 1. The van der Waals surface area contributed by atoms with Crippen molar-refractivity contribution in [3.63, 3.8) is 0 Å². The molecule has 0 saturated carbocycles. The normalized spacial score (nSPS) is 20.8. The van der Waals surface area contributed by atoms with Crippen molar-refractivity contribution >= 4 is 20.8 Å². The van der Waals surface area contributed by atoms with E-state index in [-0.39, 0.29) is 6.04 Å². The van der Waals surface area contributed by atoms with Gasteiger partial charge in [-0.25, -0.2) is 8.42 Å². The van der Waals surface area contributed by atoms with Crippen molar-refractivity contribution in [3.8, 4) is 0 Å². The number of fused-ring (bicyclic) bond motifs is 1. The molecule has 0 aliphatic carbocycles. The number of nitrogens with one attached hydrogen (secondary N) is 1. The number of aryl methyl sites for hydroxylation is 1. The molecule has 1 saturated heterocycles. The van der Waals surface area contributed by atoms with Crippen LogP contribution in [0, 0.1) is 6.92 Å². The first-order valence-electron chi connectivity index (χ1n) is 7.07. The summed E-state index contributed by atoms with van der Waals surface area (Å²) < 4.78 is 27.5. The van der Waals surface area contributed by atoms with Gasteiger partial charge in [-0.1, -0.05) is 12.1 Å². The van der Waals surface area contributed by atoms with Gasteiger partial charge in [0.15, 0.2) is 0 Å². The Morgan fingerprint density at radius 1 is 1.33 bits per heavy atom. The first kappa shape index (κ1) is 14.4. The highest BCUT2D eigenvalue weighted by Gasteiger charge is 2.30. The third-order valence-corrected chi connectivity index (χ3v) is 5.79. The van der Waals surface area contributed by atoms with Crippen molar-refractivity contribution in [2.24, 2.45) is 0 Å². The lowest BCUT2D eigenvalue weighted by atomic mass is 10.1. The number of aromatic nitrogens is 1. The van der Waals surface area contributed by atoms with E-state index in [9.17, 15) is 8.42 Å². The molecule has 1 aromatic carbocycles. The van der Waals surface area contributed by atoms with Crippen LogP contribution in [-0.2, 0) is 10.0 Å². The Labute approximate surface area is 125 Å². The van der Waals surface area contributed by atoms with Gasteiger partial charge in [0.2, 0.25) is 10.0 Å². The van der Waals surface area contributed by atoms with Crippen molar-refractivity contribution in [2.75, 3.05) is 19.6 Å². The fourth-order valence-corrected chi connectivity index (χ4v) is 4.66. The SMILES string of the molecule is Cc1cncc2cccc(S(=O)(=O)N3CCN[C@H](C)C3)c12. The molecule has 1 aliphatic heterocycles. The first-order valence-corrected chi connectivity index (χ1v) is 8.51. The smallest absolute Gasteiger partial charge is 0.243 e. The fourth-order valence-electron chi connectivity index (χ4n) is 2.84. The van der Waals surface area contributed by atoms with Crippen molar-refractivity contribution in [1.82, 2.24) is 14.6 Å². The lowest BCUT2D eigenvalue weighted by molar-refractivity contribution is 0.310. The van der Waals surface area contributed by atoms with Crippen LogP contribution in [0.15, 0.2) is 35.5 Å². The van der Waals surface area contributed by atoms with Crippen molar-refractivity contribution < 1.29 is 8.42 Å². The lowest BCUT2D eigenvalue weighted by Gasteiger charge is -2.31. The molecule has 2 heterocycles. The number of nitrogens with zero attached hydrogens (tertiary/aromatic N) is 2. The number of pyridine rings is 1. The van der Waals surface area contributed by atoms with Crippen molar-refractivity contribution in [2.45, 2.75) is 24.8 Å². The molecule has 3 rings (SSSR count). The Kier molecular flexibility index (Phi) is 3.69. The van der Waals surface area contributed by atoms with Crippen LogP contribution in [-0.4, -0.2) is 43.4 Å². The number of piperazine rings is 1. The van der Waals surface area contributed by atoms with Crippen molar-refractivity contribution in [1.29, 1.82) is 0 Å². The monoisotopic (exact) mass is 305 g/mol. The second-order valence-electron chi connectivity index (χ2n) is 5.53. The molecule has 0 radical (unpaired) electrons. The predicted octanol–water partition coefficient (Wildman–Crippen LogP) is 1.53. The average Bonchev–Trinajstić information content (AvgIpc) is 2.47. The maximum Gasteiger partial charge on any atom is 0.243 e. The van der Waals surface area contributed by atoms with E-state index >= 15 is 0 Å². The molecule has 1 N–H and O–H groups in total. The second kappa shape index (κ2) is 5.36. The standard InChI is InChI=1S/C15H19N3O2S/c1-11-8-16-9-13-4-3-5-14(15(11)13)21(19,20)18-7-6-17-12(2)10-18/h3-5,8-9,12,17H,6-7,10H2,1-2H3/t12-/m1/s1. The van der Waals surface area contributed by atoms with Crippen LogP contribution in [0.3, 0.4) is 0 Å². The Morgan fingerprint density at radius 2 is 2.14 bits per heavy atom. The molecule has 21 heavy (non-hydrogen) atoms. The largest absolute Gasteiger partial charge is 0.312 e. The Morgan fingerprint density at radius 3 is 2.90 bits per heavy atom. The van der Waals surface area contributed by atoms with E-state index in [2.05, 4.69) is 10.3 Å². The zero-order chi connectivity index (χ0) is 15.0. The van der Waals surface area contributed by atoms with Gasteiger partial charge in [0.05, 0.1) is 4.90 Å². The zero-order valence-electron chi connectivity index (χ0n) is 12.2. The van der Waals surface area contributed by atoms with E-state index in [0.717, 1.165) is 16.3 Å². The summed E-state index contributed by atoms with van der Waals surface area (Å²) in [6.07, 6.45) is 3.42. The van der Waals surface area contributed by atoms with Crippen LogP contribution in [0.4, 0.5) is 0 Å². The molecular formula is C15H19N3O2S. The number of benzene rings is 1. The van der Waals surface area contributed by atoms with Gasteiger partial charge in [-0.05, 0) is 25.5 Å². The van der Waals surface area contributed by atoms with Crippen LogP contribution in [0.2, 0.25) is 0 Å². The summed E-state index contributed by atoms with van der Waals surface area (Å²) >= 11 is 0.